The number of hydrogen-bond donors (Lipinski definition) is 4. The minimum absolute atomic E-state index is 0.140. The number of amides is 1. The fourth-order valence-corrected chi connectivity index (χ4v) is 5.30. The Kier molecular flexibility index (Phi) is 6.63. The summed E-state index contributed by atoms with van der Waals surface area (Å²) < 4.78 is 0. The van der Waals surface area contributed by atoms with Crippen molar-refractivity contribution < 1.29 is 9.90 Å². The average Bonchev–Trinajstić information content (AvgIpc) is 3.29. The normalized spacial score (nSPS) is 18.8. The predicted octanol–water partition coefficient (Wildman–Crippen LogP) is 6.06. The van der Waals surface area contributed by atoms with Crippen LogP contribution in [0, 0.1) is 11.8 Å². The molecular weight excluding hydrogens is 412 g/mol. The molecule has 1 atom stereocenters. The van der Waals surface area contributed by atoms with Gasteiger partial charge in [0.1, 0.15) is 12.1 Å². The molecule has 0 saturated heterocycles. The standard InChI is InChI=1S/C27H34N4O2/c32-26(19-7-3-1-4-8-19)28-21-13-11-18(12-14-21)25-30-23-16-15-22(17-24(23)31-25)29-27(33)20-9-5-2-6-10-20/h11-17,19-20,27,29,33H,1-10H2,(H,28,32)(H,30,31). The third-order valence-corrected chi connectivity index (χ3v) is 7.29. The zero-order valence-electron chi connectivity index (χ0n) is 19.1. The van der Waals surface area contributed by atoms with Crippen molar-refractivity contribution >= 4 is 28.3 Å². The number of nitrogens with zero attached hydrogens (tertiary/aromatic N) is 1. The molecule has 1 amide bonds. The SMILES string of the molecule is O=C(Nc1ccc(-c2nc3ccc(NC(O)C4CCCCC4)cc3[nH]2)cc1)C1CCCCC1. The van der Waals surface area contributed by atoms with Crippen LogP contribution in [0.15, 0.2) is 42.5 Å². The molecule has 0 bridgehead atoms. The number of H-pyrrole nitrogens is 1. The number of hydrogen-bond acceptors (Lipinski definition) is 4. The Hall–Kier alpha value is -2.86. The molecule has 3 aromatic rings. The summed E-state index contributed by atoms with van der Waals surface area (Å²) in [5, 5.41) is 16.9. The summed E-state index contributed by atoms with van der Waals surface area (Å²) in [6, 6.07) is 13.8. The van der Waals surface area contributed by atoms with Gasteiger partial charge < -0.3 is 20.7 Å². The lowest BCUT2D eigenvalue weighted by Crippen LogP contribution is -2.30. The first-order valence-corrected chi connectivity index (χ1v) is 12.5. The number of anilines is 2. The Labute approximate surface area is 195 Å². The van der Waals surface area contributed by atoms with Gasteiger partial charge >= 0.3 is 0 Å². The second-order valence-corrected chi connectivity index (χ2v) is 9.71. The van der Waals surface area contributed by atoms with Crippen LogP contribution in [0.2, 0.25) is 0 Å². The van der Waals surface area contributed by atoms with Crippen LogP contribution in [-0.2, 0) is 4.79 Å². The van der Waals surface area contributed by atoms with E-state index in [2.05, 4.69) is 15.6 Å². The molecule has 2 aromatic carbocycles. The zero-order chi connectivity index (χ0) is 22.6. The molecule has 1 heterocycles. The number of aliphatic hydroxyl groups is 1. The average molecular weight is 447 g/mol. The summed E-state index contributed by atoms with van der Waals surface area (Å²) in [5.74, 6) is 1.40. The number of fused-ring (bicyclic) bond motifs is 1. The van der Waals surface area contributed by atoms with E-state index in [1.807, 2.05) is 42.5 Å². The highest BCUT2D eigenvalue weighted by atomic mass is 16.3. The number of imidazole rings is 1. The Morgan fingerprint density at radius 1 is 0.909 bits per heavy atom. The van der Waals surface area contributed by atoms with E-state index in [0.717, 1.165) is 72.3 Å². The number of aliphatic hydroxyl groups excluding tert-OH is 1. The first-order valence-electron chi connectivity index (χ1n) is 12.5. The lowest BCUT2D eigenvalue weighted by atomic mass is 9.88. The van der Waals surface area contributed by atoms with Gasteiger partial charge in [0, 0.05) is 28.8 Å². The quantitative estimate of drug-likeness (QED) is 0.347. The van der Waals surface area contributed by atoms with E-state index in [-0.39, 0.29) is 11.8 Å². The predicted molar refractivity (Wildman–Crippen MR) is 133 cm³/mol. The smallest absolute Gasteiger partial charge is 0.227 e. The summed E-state index contributed by atoms with van der Waals surface area (Å²) in [4.78, 5) is 20.6. The van der Waals surface area contributed by atoms with Crippen molar-refractivity contribution in [2.24, 2.45) is 11.8 Å². The maximum atomic E-state index is 12.5. The monoisotopic (exact) mass is 446 g/mol. The molecule has 174 valence electrons. The van der Waals surface area contributed by atoms with Crippen LogP contribution in [-0.4, -0.2) is 27.2 Å². The van der Waals surface area contributed by atoms with E-state index < -0.39 is 6.23 Å². The van der Waals surface area contributed by atoms with Gasteiger partial charge in [0.2, 0.25) is 5.91 Å². The van der Waals surface area contributed by atoms with E-state index in [4.69, 9.17) is 4.98 Å². The minimum Gasteiger partial charge on any atom is -0.374 e. The Morgan fingerprint density at radius 3 is 2.30 bits per heavy atom. The lowest BCUT2D eigenvalue weighted by Gasteiger charge is -2.27. The van der Waals surface area contributed by atoms with Gasteiger partial charge in [-0.15, -0.1) is 0 Å². The molecular formula is C27H34N4O2. The molecule has 1 unspecified atom stereocenters. The van der Waals surface area contributed by atoms with Gasteiger partial charge in [0.05, 0.1) is 11.0 Å². The van der Waals surface area contributed by atoms with Crippen LogP contribution in [0.1, 0.15) is 64.2 Å². The van der Waals surface area contributed by atoms with Crippen molar-refractivity contribution in [3.8, 4) is 11.4 Å². The summed E-state index contributed by atoms with van der Waals surface area (Å²) in [5.41, 5.74) is 4.52. The zero-order valence-corrected chi connectivity index (χ0v) is 19.1. The molecule has 33 heavy (non-hydrogen) atoms. The van der Waals surface area contributed by atoms with E-state index in [0.29, 0.717) is 5.92 Å². The van der Waals surface area contributed by atoms with Crippen molar-refractivity contribution in [2.45, 2.75) is 70.4 Å². The molecule has 6 heteroatoms. The lowest BCUT2D eigenvalue weighted by molar-refractivity contribution is -0.120. The maximum absolute atomic E-state index is 12.5. The van der Waals surface area contributed by atoms with Crippen LogP contribution < -0.4 is 10.6 Å². The van der Waals surface area contributed by atoms with Crippen LogP contribution >= 0.6 is 0 Å². The van der Waals surface area contributed by atoms with Crippen molar-refractivity contribution in [3.05, 3.63) is 42.5 Å². The Balaban J connectivity index is 1.25. The summed E-state index contributed by atoms with van der Waals surface area (Å²) >= 11 is 0. The fourth-order valence-electron chi connectivity index (χ4n) is 5.30. The van der Waals surface area contributed by atoms with Crippen molar-refractivity contribution in [1.82, 2.24) is 9.97 Å². The van der Waals surface area contributed by atoms with Gasteiger partial charge in [0.25, 0.3) is 0 Å². The third-order valence-electron chi connectivity index (χ3n) is 7.29. The van der Waals surface area contributed by atoms with Crippen LogP contribution in [0.3, 0.4) is 0 Å². The van der Waals surface area contributed by atoms with Crippen molar-refractivity contribution in [1.29, 1.82) is 0 Å². The van der Waals surface area contributed by atoms with Gasteiger partial charge in [-0.05, 0) is 68.1 Å². The highest BCUT2D eigenvalue weighted by Crippen LogP contribution is 2.29. The van der Waals surface area contributed by atoms with E-state index in [9.17, 15) is 9.90 Å². The summed E-state index contributed by atoms with van der Waals surface area (Å²) in [6.07, 6.45) is 10.9. The molecule has 2 saturated carbocycles. The Bertz CT molecular complexity index is 1080. The highest BCUT2D eigenvalue weighted by molar-refractivity contribution is 5.93. The molecule has 4 N–H and O–H groups in total. The number of aromatic nitrogens is 2. The molecule has 6 nitrogen and oxygen atoms in total. The first kappa shape index (κ1) is 22.0. The largest absolute Gasteiger partial charge is 0.374 e. The van der Waals surface area contributed by atoms with Crippen molar-refractivity contribution in [3.63, 3.8) is 0 Å². The molecule has 5 rings (SSSR count). The van der Waals surface area contributed by atoms with Gasteiger partial charge in [-0.1, -0.05) is 38.5 Å². The van der Waals surface area contributed by atoms with Crippen LogP contribution in [0.25, 0.3) is 22.4 Å². The molecule has 2 fully saturated rings. The maximum Gasteiger partial charge on any atom is 0.227 e. The molecule has 0 radical (unpaired) electrons. The molecule has 2 aliphatic rings. The second kappa shape index (κ2) is 9.96. The minimum atomic E-state index is -0.512. The third kappa shape index (κ3) is 5.22. The van der Waals surface area contributed by atoms with Crippen LogP contribution in [0.4, 0.5) is 11.4 Å². The van der Waals surface area contributed by atoms with Gasteiger partial charge in [-0.25, -0.2) is 4.98 Å². The van der Waals surface area contributed by atoms with Gasteiger partial charge in [-0.2, -0.15) is 0 Å². The highest BCUT2D eigenvalue weighted by Gasteiger charge is 2.22. The summed E-state index contributed by atoms with van der Waals surface area (Å²) in [7, 11) is 0. The number of rotatable bonds is 6. The fraction of sp³-hybridized carbons (Fsp3) is 0.481. The van der Waals surface area contributed by atoms with Gasteiger partial charge in [0.15, 0.2) is 0 Å². The van der Waals surface area contributed by atoms with E-state index in [1.165, 1.54) is 25.7 Å². The number of nitrogens with one attached hydrogen (secondary N) is 3. The topological polar surface area (TPSA) is 90.0 Å². The summed E-state index contributed by atoms with van der Waals surface area (Å²) in [6.45, 7) is 0. The Morgan fingerprint density at radius 2 is 1.58 bits per heavy atom. The molecule has 0 aliphatic heterocycles. The first-order chi connectivity index (χ1) is 16.2. The van der Waals surface area contributed by atoms with E-state index in [1.54, 1.807) is 0 Å². The molecule has 2 aliphatic carbocycles. The van der Waals surface area contributed by atoms with Gasteiger partial charge in [-0.3, -0.25) is 4.79 Å². The molecule has 0 spiro atoms. The molecule has 1 aromatic heterocycles. The number of carbonyl (C=O) groups excluding carboxylic acids is 1. The number of carbonyl (C=O) groups is 1. The number of benzene rings is 2. The number of aromatic amines is 1. The van der Waals surface area contributed by atoms with E-state index >= 15 is 0 Å². The second-order valence-electron chi connectivity index (χ2n) is 9.71. The van der Waals surface area contributed by atoms with Crippen LogP contribution in [0.5, 0.6) is 0 Å². The van der Waals surface area contributed by atoms with Crippen molar-refractivity contribution in [2.75, 3.05) is 10.6 Å².